The number of aromatic nitrogens is 1. The Labute approximate surface area is 167 Å². The van der Waals surface area contributed by atoms with Crippen LogP contribution in [0.4, 0.5) is 10.5 Å². The molecule has 7 nitrogen and oxygen atoms in total. The molecule has 2 aromatic carbocycles. The van der Waals surface area contributed by atoms with Gasteiger partial charge in [-0.1, -0.05) is 48.5 Å². The Morgan fingerprint density at radius 3 is 2.55 bits per heavy atom. The number of para-hydroxylation sites is 1. The summed E-state index contributed by atoms with van der Waals surface area (Å²) in [7, 11) is 0. The van der Waals surface area contributed by atoms with Gasteiger partial charge in [-0.25, -0.2) is 4.79 Å². The maximum absolute atomic E-state index is 12.7. The summed E-state index contributed by atoms with van der Waals surface area (Å²) in [6.45, 7) is 1.89. The number of benzene rings is 2. The lowest BCUT2D eigenvalue weighted by Crippen LogP contribution is -2.44. The predicted octanol–water partition coefficient (Wildman–Crippen LogP) is 3.00. The Balaban J connectivity index is 1.55. The summed E-state index contributed by atoms with van der Waals surface area (Å²) < 4.78 is 0. The van der Waals surface area contributed by atoms with E-state index in [1.807, 2.05) is 37.3 Å². The average Bonchev–Trinajstić information content (AvgIpc) is 3.02. The number of amides is 4. The van der Waals surface area contributed by atoms with Crippen molar-refractivity contribution in [3.05, 3.63) is 71.9 Å². The van der Waals surface area contributed by atoms with Gasteiger partial charge in [-0.2, -0.15) is 0 Å². The summed E-state index contributed by atoms with van der Waals surface area (Å²) in [4.78, 5) is 41.5. The smallest absolute Gasteiger partial charge is 0.322 e. The lowest BCUT2D eigenvalue weighted by molar-refractivity contribution is -0.125. The van der Waals surface area contributed by atoms with Gasteiger partial charge < -0.3 is 10.6 Å². The third kappa shape index (κ3) is 3.54. The molecule has 29 heavy (non-hydrogen) atoms. The molecule has 0 radical (unpaired) electrons. The van der Waals surface area contributed by atoms with Crippen LogP contribution < -0.4 is 16.0 Å². The zero-order valence-corrected chi connectivity index (χ0v) is 15.9. The number of aryl methyl sites for hydroxylation is 1. The number of urea groups is 1. The fourth-order valence-corrected chi connectivity index (χ4v) is 3.60. The summed E-state index contributed by atoms with van der Waals surface area (Å²) in [5, 5.41) is 8.79. The molecular weight excluding hydrogens is 368 g/mol. The monoisotopic (exact) mass is 388 g/mol. The second kappa shape index (κ2) is 7.35. The molecule has 0 saturated carbocycles. The van der Waals surface area contributed by atoms with E-state index in [0.717, 1.165) is 11.1 Å². The topological polar surface area (TPSA) is 100 Å². The first-order chi connectivity index (χ1) is 14.0. The Bertz CT molecular complexity index is 1110. The minimum atomic E-state index is -1.26. The van der Waals surface area contributed by atoms with Gasteiger partial charge in [-0.3, -0.25) is 19.9 Å². The Kier molecular flexibility index (Phi) is 4.72. The highest BCUT2D eigenvalue weighted by atomic mass is 16.2. The van der Waals surface area contributed by atoms with Gasteiger partial charge in [0.05, 0.1) is 11.2 Å². The zero-order chi connectivity index (χ0) is 20.4. The van der Waals surface area contributed by atoms with Crippen LogP contribution in [0.2, 0.25) is 0 Å². The number of nitrogens with zero attached hydrogens (tertiary/aromatic N) is 1. The molecule has 3 aromatic rings. The first-order valence-corrected chi connectivity index (χ1v) is 9.33. The number of hydrogen-bond donors (Lipinski definition) is 3. The zero-order valence-electron chi connectivity index (χ0n) is 15.9. The van der Waals surface area contributed by atoms with Crippen molar-refractivity contribution in [2.45, 2.75) is 25.3 Å². The molecule has 3 N–H and O–H groups in total. The maximum atomic E-state index is 12.7. The van der Waals surface area contributed by atoms with Crippen molar-refractivity contribution < 1.29 is 14.4 Å². The second-order valence-electron chi connectivity index (χ2n) is 7.06. The minimum Gasteiger partial charge on any atom is -0.324 e. The van der Waals surface area contributed by atoms with Crippen molar-refractivity contribution in [2.75, 3.05) is 5.32 Å². The second-order valence-corrected chi connectivity index (χ2v) is 7.06. The van der Waals surface area contributed by atoms with Gasteiger partial charge >= 0.3 is 6.03 Å². The van der Waals surface area contributed by atoms with Crippen LogP contribution in [0.1, 0.15) is 24.1 Å². The number of carbonyl (C=O) groups excluding carboxylic acids is 3. The van der Waals surface area contributed by atoms with Crippen molar-refractivity contribution in [3.63, 3.8) is 0 Å². The number of anilines is 1. The van der Waals surface area contributed by atoms with Gasteiger partial charge in [0.15, 0.2) is 0 Å². The van der Waals surface area contributed by atoms with Crippen LogP contribution in [0.3, 0.4) is 0 Å². The van der Waals surface area contributed by atoms with Crippen LogP contribution in [0.5, 0.6) is 0 Å². The molecule has 0 bridgehead atoms. The van der Waals surface area contributed by atoms with Crippen molar-refractivity contribution in [1.82, 2.24) is 15.6 Å². The van der Waals surface area contributed by atoms with E-state index in [0.29, 0.717) is 16.8 Å². The number of carbonyl (C=O) groups is 3. The number of hydrogen-bond acceptors (Lipinski definition) is 4. The molecule has 1 aromatic heterocycles. The van der Waals surface area contributed by atoms with Crippen LogP contribution in [-0.4, -0.2) is 22.8 Å². The summed E-state index contributed by atoms with van der Waals surface area (Å²) in [6, 6.07) is 17.8. The number of imide groups is 1. The molecule has 146 valence electrons. The molecule has 1 fully saturated rings. The first kappa shape index (κ1) is 18.6. The van der Waals surface area contributed by atoms with Gasteiger partial charge in [0.1, 0.15) is 5.54 Å². The van der Waals surface area contributed by atoms with Gasteiger partial charge in [0.25, 0.3) is 5.91 Å². The minimum absolute atomic E-state index is 0.0464. The van der Waals surface area contributed by atoms with Crippen LogP contribution in [0, 0.1) is 6.92 Å². The van der Waals surface area contributed by atoms with Crippen molar-refractivity contribution in [2.24, 2.45) is 0 Å². The Hall–Kier alpha value is -3.74. The molecule has 1 aliphatic heterocycles. The first-order valence-electron chi connectivity index (χ1n) is 9.33. The largest absolute Gasteiger partial charge is 0.324 e. The van der Waals surface area contributed by atoms with Crippen molar-refractivity contribution in [3.8, 4) is 0 Å². The molecule has 7 heteroatoms. The molecule has 1 aliphatic rings. The molecule has 0 aliphatic carbocycles. The summed E-state index contributed by atoms with van der Waals surface area (Å²) >= 11 is 0. The quantitative estimate of drug-likeness (QED) is 0.585. The van der Waals surface area contributed by atoms with Crippen LogP contribution in [0.15, 0.2) is 60.7 Å². The normalized spacial score (nSPS) is 18.4. The number of rotatable bonds is 5. The summed E-state index contributed by atoms with van der Waals surface area (Å²) in [5.74, 6) is -0.714. The highest BCUT2D eigenvalue weighted by Crippen LogP contribution is 2.30. The number of fused-ring (bicyclic) bond motifs is 1. The van der Waals surface area contributed by atoms with E-state index in [9.17, 15) is 14.4 Å². The van der Waals surface area contributed by atoms with Crippen molar-refractivity contribution in [1.29, 1.82) is 0 Å². The standard InChI is InChI=1S/C22H20N4O3/c1-14-10-11-15-6-5-9-17(19(15)23-14)24-18(27)12-13-22(16-7-3-2-4-8-16)20(28)25-21(29)26-22/h2-11H,12-13H2,1H3,(H,24,27)(H2,25,26,28,29). The molecular formula is C22H20N4O3. The fraction of sp³-hybridized carbons (Fsp3) is 0.182. The van der Waals surface area contributed by atoms with Gasteiger partial charge in [0, 0.05) is 17.5 Å². The number of nitrogens with one attached hydrogen (secondary N) is 3. The molecule has 1 saturated heterocycles. The third-order valence-corrected chi connectivity index (χ3v) is 5.07. The van der Waals surface area contributed by atoms with E-state index in [1.54, 1.807) is 30.3 Å². The summed E-state index contributed by atoms with van der Waals surface area (Å²) in [5.41, 5.74) is 1.56. The van der Waals surface area contributed by atoms with E-state index in [1.165, 1.54) is 0 Å². The molecule has 4 rings (SSSR count). The van der Waals surface area contributed by atoms with Gasteiger partial charge in [0.2, 0.25) is 5.91 Å². The van der Waals surface area contributed by atoms with Crippen LogP contribution >= 0.6 is 0 Å². The molecule has 0 spiro atoms. The van der Waals surface area contributed by atoms with E-state index < -0.39 is 17.5 Å². The average molecular weight is 388 g/mol. The molecule has 4 amide bonds. The van der Waals surface area contributed by atoms with Crippen LogP contribution in [-0.2, 0) is 15.1 Å². The molecule has 1 unspecified atom stereocenters. The van der Waals surface area contributed by atoms with E-state index in [2.05, 4.69) is 20.9 Å². The SMILES string of the molecule is Cc1ccc2cccc(NC(=O)CCC3(c4ccccc4)NC(=O)NC3=O)c2n1. The van der Waals surface area contributed by atoms with E-state index >= 15 is 0 Å². The van der Waals surface area contributed by atoms with E-state index in [4.69, 9.17) is 0 Å². The maximum Gasteiger partial charge on any atom is 0.322 e. The predicted molar refractivity (Wildman–Crippen MR) is 109 cm³/mol. The Morgan fingerprint density at radius 1 is 1.03 bits per heavy atom. The van der Waals surface area contributed by atoms with Gasteiger partial charge in [-0.15, -0.1) is 0 Å². The van der Waals surface area contributed by atoms with Gasteiger partial charge in [-0.05, 0) is 31.0 Å². The highest BCUT2D eigenvalue weighted by molar-refractivity contribution is 6.08. The highest BCUT2D eigenvalue weighted by Gasteiger charge is 2.47. The van der Waals surface area contributed by atoms with E-state index in [-0.39, 0.29) is 18.7 Å². The Morgan fingerprint density at radius 2 is 1.83 bits per heavy atom. The summed E-state index contributed by atoms with van der Waals surface area (Å²) in [6.07, 6.45) is 0.183. The van der Waals surface area contributed by atoms with Crippen molar-refractivity contribution >= 4 is 34.4 Å². The lowest BCUT2D eigenvalue weighted by atomic mass is 9.85. The fourth-order valence-electron chi connectivity index (χ4n) is 3.60. The molecule has 1 atom stereocenters. The number of pyridine rings is 1. The molecule has 2 heterocycles. The van der Waals surface area contributed by atoms with Crippen LogP contribution in [0.25, 0.3) is 10.9 Å². The lowest BCUT2D eigenvalue weighted by Gasteiger charge is -2.26. The third-order valence-electron chi connectivity index (χ3n) is 5.07.